The van der Waals surface area contributed by atoms with Gasteiger partial charge in [0, 0.05) is 32.4 Å². The van der Waals surface area contributed by atoms with Crippen LogP contribution in [0.5, 0.6) is 5.75 Å². The fourth-order valence-electron chi connectivity index (χ4n) is 4.49. The van der Waals surface area contributed by atoms with E-state index in [0.717, 1.165) is 31.0 Å². The number of hydrogen-bond acceptors (Lipinski definition) is 7. The second-order valence-corrected chi connectivity index (χ2v) is 9.64. The van der Waals surface area contributed by atoms with Crippen molar-refractivity contribution < 1.29 is 28.9 Å². The number of ether oxygens (including phenoxy) is 3. The van der Waals surface area contributed by atoms with Crippen LogP contribution in [0.3, 0.4) is 0 Å². The van der Waals surface area contributed by atoms with Crippen LogP contribution < -0.4 is 15.5 Å². The van der Waals surface area contributed by atoms with Crippen LogP contribution in [-0.4, -0.2) is 62.0 Å². The van der Waals surface area contributed by atoms with Gasteiger partial charge in [0.05, 0.1) is 13.2 Å². The van der Waals surface area contributed by atoms with Crippen LogP contribution in [-0.2, 0) is 9.47 Å². The molecular weight excluding hydrogens is 548 g/mol. The third kappa shape index (κ3) is 10.1. The Morgan fingerprint density at radius 3 is 2.26 bits per heavy atom. The molecule has 43 heavy (non-hydrogen) atoms. The largest absolute Gasteiger partial charge is 0.483 e. The summed E-state index contributed by atoms with van der Waals surface area (Å²) in [5, 5.41) is 11.8. The molecular formula is C34H40N2O7. The molecule has 9 nitrogen and oxygen atoms in total. The molecule has 0 unspecified atom stereocenters. The minimum atomic E-state index is -0.772. The Bertz CT molecular complexity index is 1380. The highest BCUT2D eigenvalue weighted by Crippen LogP contribution is 2.27. The Kier molecular flexibility index (Phi) is 13.9. The number of pyridine rings is 1. The number of methoxy groups -OCH3 is 1. The molecule has 0 bridgehead atoms. The van der Waals surface area contributed by atoms with Gasteiger partial charge in [-0.2, -0.15) is 0 Å². The van der Waals surface area contributed by atoms with Crippen molar-refractivity contribution in [3.63, 3.8) is 0 Å². The zero-order valence-corrected chi connectivity index (χ0v) is 24.7. The SMILES string of the molecule is CCOC(=O)c1c[nH]c(C(=O)NCCOC)c(OCC2=CCCC=C2)c1=O.OCCC(c1ccccc1)c1ccccc1. The van der Waals surface area contributed by atoms with Crippen molar-refractivity contribution in [2.45, 2.75) is 32.1 Å². The lowest BCUT2D eigenvalue weighted by Gasteiger charge is -2.16. The summed E-state index contributed by atoms with van der Waals surface area (Å²) in [6, 6.07) is 20.7. The zero-order valence-electron chi connectivity index (χ0n) is 24.7. The number of aromatic amines is 1. The van der Waals surface area contributed by atoms with Gasteiger partial charge in [0.15, 0.2) is 11.4 Å². The summed E-state index contributed by atoms with van der Waals surface area (Å²) in [5.74, 6) is -1.21. The lowest BCUT2D eigenvalue weighted by atomic mass is 9.89. The maximum absolute atomic E-state index is 12.7. The number of aliphatic hydroxyl groups excluding tert-OH is 1. The van der Waals surface area contributed by atoms with Gasteiger partial charge in [0.2, 0.25) is 5.43 Å². The fraction of sp³-hybridized carbons (Fsp3) is 0.324. The number of aromatic nitrogens is 1. The molecule has 0 aliphatic heterocycles. The summed E-state index contributed by atoms with van der Waals surface area (Å²) < 4.78 is 15.4. The summed E-state index contributed by atoms with van der Waals surface area (Å²) in [5.41, 5.74) is 2.47. The van der Waals surface area contributed by atoms with E-state index in [1.54, 1.807) is 6.92 Å². The second kappa shape index (κ2) is 18.1. The number of aliphatic hydroxyl groups is 1. The molecule has 4 rings (SSSR count). The van der Waals surface area contributed by atoms with E-state index in [0.29, 0.717) is 12.5 Å². The Morgan fingerprint density at radius 1 is 1.02 bits per heavy atom. The molecule has 1 aliphatic rings. The van der Waals surface area contributed by atoms with Crippen molar-refractivity contribution >= 4 is 11.9 Å². The van der Waals surface area contributed by atoms with Gasteiger partial charge in [-0.15, -0.1) is 0 Å². The highest BCUT2D eigenvalue weighted by Gasteiger charge is 2.23. The van der Waals surface area contributed by atoms with Crippen LogP contribution in [0.1, 0.15) is 64.1 Å². The molecule has 1 aromatic heterocycles. The van der Waals surface area contributed by atoms with E-state index in [1.807, 2.05) is 54.6 Å². The Morgan fingerprint density at radius 2 is 1.70 bits per heavy atom. The minimum absolute atomic E-state index is 0.0514. The average Bonchev–Trinajstić information content (AvgIpc) is 3.04. The number of benzene rings is 2. The Hall–Kier alpha value is -4.47. The highest BCUT2D eigenvalue weighted by atomic mass is 16.5. The zero-order chi connectivity index (χ0) is 30.9. The molecule has 0 spiro atoms. The van der Waals surface area contributed by atoms with Gasteiger partial charge < -0.3 is 29.6 Å². The molecule has 0 atom stereocenters. The number of esters is 1. The number of carbonyl (C=O) groups excluding carboxylic acids is 2. The van der Waals surface area contributed by atoms with Gasteiger partial charge in [0.1, 0.15) is 12.2 Å². The fourth-order valence-corrected chi connectivity index (χ4v) is 4.49. The van der Waals surface area contributed by atoms with E-state index in [2.05, 4.69) is 34.6 Å². The monoisotopic (exact) mass is 588 g/mol. The number of nitrogens with one attached hydrogen (secondary N) is 2. The first-order chi connectivity index (χ1) is 21.0. The van der Waals surface area contributed by atoms with Crippen LogP contribution in [0.2, 0.25) is 0 Å². The van der Waals surface area contributed by atoms with Crippen molar-refractivity contribution in [1.82, 2.24) is 10.3 Å². The normalized spacial score (nSPS) is 12.1. The first-order valence-electron chi connectivity index (χ1n) is 14.4. The Labute approximate surface area is 252 Å². The number of amides is 1. The lowest BCUT2D eigenvalue weighted by molar-refractivity contribution is 0.0523. The molecule has 0 saturated heterocycles. The highest BCUT2D eigenvalue weighted by molar-refractivity contribution is 5.96. The molecule has 0 radical (unpaired) electrons. The molecule has 2 aromatic carbocycles. The van der Waals surface area contributed by atoms with Gasteiger partial charge in [-0.1, -0.05) is 78.9 Å². The van der Waals surface area contributed by atoms with Gasteiger partial charge in [-0.05, 0) is 42.9 Å². The summed E-state index contributed by atoms with van der Waals surface area (Å²) in [6.07, 6.45) is 9.70. The maximum Gasteiger partial charge on any atom is 0.343 e. The number of hydrogen-bond donors (Lipinski definition) is 3. The first kappa shape index (κ1) is 33.0. The van der Waals surface area contributed by atoms with E-state index in [9.17, 15) is 14.4 Å². The smallest absolute Gasteiger partial charge is 0.343 e. The van der Waals surface area contributed by atoms with Crippen molar-refractivity contribution in [2.24, 2.45) is 0 Å². The molecule has 1 amide bonds. The summed E-state index contributed by atoms with van der Waals surface area (Å²) >= 11 is 0. The molecule has 0 fully saturated rings. The predicted molar refractivity (Wildman–Crippen MR) is 166 cm³/mol. The van der Waals surface area contributed by atoms with E-state index in [4.69, 9.17) is 19.3 Å². The lowest BCUT2D eigenvalue weighted by Crippen LogP contribution is -2.31. The predicted octanol–water partition coefficient (Wildman–Crippen LogP) is 4.78. The van der Waals surface area contributed by atoms with E-state index >= 15 is 0 Å². The van der Waals surface area contributed by atoms with Crippen molar-refractivity contribution in [1.29, 1.82) is 0 Å². The van der Waals surface area contributed by atoms with Gasteiger partial charge >= 0.3 is 5.97 Å². The number of carbonyl (C=O) groups is 2. The van der Waals surface area contributed by atoms with Crippen LogP contribution in [0.15, 0.2) is 95.5 Å². The molecule has 3 N–H and O–H groups in total. The summed E-state index contributed by atoms with van der Waals surface area (Å²) in [6.45, 7) is 2.70. The first-order valence-corrected chi connectivity index (χ1v) is 14.4. The van der Waals surface area contributed by atoms with E-state index in [-0.39, 0.29) is 43.4 Å². The average molecular weight is 589 g/mol. The molecule has 0 saturated carbocycles. The van der Waals surface area contributed by atoms with Crippen LogP contribution in [0, 0.1) is 0 Å². The Balaban J connectivity index is 0.000000268. The van der Waals surface area contributed by atoms with Crippen molar-refractivity contribution in [3.8, 4) is 5.75 Å². The van der Waals surface area contributed by atoms with E-state index < -0.39 is 17.3 Å². The third-order valence-electron chi connectivity index (χ3n) is 6.63. The van der Waals surface area contributed by atoms with Gasteiger partial charge in [-0.3, -0.25) is 9.59 Å². The molecule has 228 valence electrons. The van der Waals surface area contributed by atoms with Crippen LogP contribution in [0.25, 0.3) is 0 Å². The van der Waals surface area contributed by atoms with Crippen molar-refractivity contribution in [2.75, 3.05) is 40.1 Å². The number of rotatable bonds is 13. The molecule has 1 heterocycles. The number of allylic oxidation sites excluding steroid dienone is 2. The summed E-state index contributed by atoms with van der Waals surface area (Å²) in [7, 11) is 1.52. The number of H-pyrrole nitrogens is 1. The van der Waals surface area contributed by atoms with Gasteiger partial charge in [0.25, 0.3) is 5.91 Å². The van der Waals surface area contributed by atoms with Crippen LogP contribution in [0.4, 0.5) is 0 Å². The molecule has 3 aromatic rings. The maximum atomic E-state index is 12.7. The van der Waals surface area contributed by atoms with E-state index in [1.165, 1.54) is 18.2 Å². The van der Waals surface area contributed by atoms with Crippen LogP contribution >= 0.6 is 0 Å². The second-order valence-electron chi connectivity index (χ2n) is 9.64. The standard InChI is InChI=1S/C19H24N2O6.C15H16O/c1-3-26-19(24)14-11-21-15(18(23)20-9-10-25-2)17(16(14)22)27-12-13-7-5-4-6-8-13;16-12-11-15(13-7-3-1-4-8-13)14-9-5-2-6-10-14/h5,7-8,11H,3-4,6,9-10,12H2,1-2H3,(H,20,23)(H,21,22);1-10,15-16H,11-12H2. The summed E-state index contributed by atoms with van der Waals surface area (Å²) in [4.78, 5) is 39.8. The van der Waals surface area contributed by atoms with Crippen molar-refractivity contribution in [3.05, 3.63) is 123 Å². The topological polar surface area (TPSA) is 127 Å². The third-order valence-corrected chi connectivity index (χ3v) is 6.63. The quantitative estimate of drug-likeness (QED) is 0.194. The molecule has 1 aliphatic carbocycles. The van der Waals surface area contributed by atoms with Gasteiger partial charge in [-0.25, -0.2) is 4.79 Å². The minimum Gasteiger partial charge on any atom is -0.483 e. The molecule has 9 heteroatoms.